The molecule has 2 aliphatic rings. The molecular weight excluding hydrogens is 458 g/mol. The molecule has 2 heterocycles. The van der Waals surface area contributed by atoms with Crippen molar-refractivity contribution < 1.29 is 17.2 Å². The van der Waals surface area contributed by atoms with Crippen molar-refractivity contribution in [2.24, 2.45) is 5.41 Å². The van der Waals surface area contributed by atoms with Gasteiger partial charge in [0.05, 0.1) is 5.69 Å². The summed E-state index contributed by atoms with van der Waals surface area (Å²) in [6, 6.07) is 5.77. The molecule has 1 spiro atoms. The average Bonchev–Trinajstić information content (AvgIpc) is 3.31. The summed E-state index contributed by atoms with van der Waals surface area (Å²) in [6.45, 7) is 3.02. The van der Waals surface area contributed by atoms with Gasteiger partial charge in [-0.25, -0.2) is 17.8 Å². The van der Waals surface area contributed by atoms with Gasteiger partial charge in [0.25, 0.3) is 10.0 Å². The Hall–Kier alpha value is -1.97. The number of hydrogen-bond donors (Lipinski definition) is 1. The Kier molecular flexibility index (Phi) is 6.11. The van der Waals surface area contributed by atoms with Crippen LogP contribution in [0.3, 0.4) is 0 Å². The van der Waals surface area contributed by atoms with Gasteiger partial charge in [-0.05, 0) is 64.0 Å². The fraction of sp³-hybridized carbons (Fsp3) is 0.500. The second kappa shape index (κ2) is 8.43. The minimum absolute atomic E-state index is 0.132. The van der Waals surface area contributed by atoms with Gasteiger partial charge < -0.3 is 9.80 Å². The highest BCUT2D eigenvalue weighted by atomic mass is 35.5. The van der Waals surface area contributed by atoms with Crippen molar-refractivity contribution in [3.63, 3.8) is 0 Å². The summed E-state index contributed by atoms with van der Waals surface area (Å²) >= 11 is 6.38. The summed E-state index contributed by atoms with van der Waals surface area (Å²) in [5.74, 6) is -2.09. The molecule has 1 N–H and O–H groups in total. The Bertz CT molecular complexity index is 1140. The molecule has 2 fully saturated rings. The molecule has 1 saturated carbocycles. The third-order valence-corrected chi connectivity index (χ3v) is 8.64. The third-order valence-electron chi connectivity index (χ3n) is 6.76. The lowest BCUT2D eigenvalue weighted by Gasteiger charge is -2.36. The number of aromatic nitrogens is 1. The highest BCUT2D eigenvalue weighted by molar-refractivity contribution is 7.92. The zero-order valence-electron chi connectivity index (χ0n) is 18.3. The van der Waals surface area contributed by atoms with Crippen LogP contribution in [0.2, 0.25) is 5.02 Å². The minimum Gasteiger partial charge on any atom is -0.370 e. The number of hydrogen-bond acceptors (Lipinski definition) is 5. The summed E-state index contributed by atoms with van der Waals surface area (Å²) in [5.41, 5.74) is 0.861. The van der Waals surface area contributed by atoms with E-state index in [-0.39, 0.29) is 21.8 Å². The number of anilines is 2. The Morgan fingerprint density at radius 1 is 1.28 bits per heavy atom. The smallest absolute Gasteiger partial charge is 0.266 e. The number of halogens is 3. The summed E-state index contributed by atoms with van der Waals surface area (Å²) in [7, 11) is -0.171. The molecule has 32 heavy (non-hydrogen) atoms. The van der Waals surface area contributed by atoms with Crippen LogP contribution in [0, 0.1) is 24.1 Å². The molecule has 1 aromatic heterocycles. The Labute approximate surface area is 192 Å². The molecule has 1 aromatic carbocycles. The van der Waals surface area contributed by atoms with E-state index in [1.807, 2.05) is 0 Å². The SMILES string of the molecule is Cc1cc(N2CC[C@]3(CCC[C@H]3N(C)C)C2)c(Cl)c(F)c1S(=O)(=O)Nc1cccc(F)n1. The fourth-order valence-electron chi connectivity index (χ4n) is 5.44. The lowest BCUT2D eigenvalue weighted by molar-refractivity contribution is 0.153. The predicted molar refractivity (Wildman–Crippen MR) is 122 cm³/mol. The van der Waals surface area contributed by atoms with Crippen LogP contribution in [0.4, 0.5) is 20.3 Å². The van der Waals surface area contributed by atoms with E-state index in [0.29, 0.717) is 11.7 Å². The number of nitrogens with one attached hydrogen (secondary N) is 1. The highest BCUT2D eigenvalue weighted by Crippen LogP contribution is 2.49. The molecule has 1 aliphatic heterocycles. The third kappa shape index (κ3) is 4.06. The summed E-state index contributed by atoms with van der Waals surface area (Å²) in [6.07, 6.45) is 4.40. The molecule has 0 amide bonds. The van der Waals surface area contributed by atoms with Gasteiger partial charge in [0.1, 0.15) is 15.7 Å². The van der Waals surface area contributed by atoms with E-state index in [4.69, 9.17) is 11.6 Å². The summed E-state index contributed by atoms with van der Waals surface area (Å²) < 4.78 is 56.6. The van der Waals surface area contributed by atoms with Crippen LogP contribution in [0.1, 0.15) is 31.2 Å². The molecular formula is C22H27ClF2N4O2S. The van der Waals surface area contributed by atoms with Crippen molar-refractivity contribution in [1.82, 2.24) is 9.88 Å². The van der Waals surface area contributed by atoms with Crippen LogP contribution in [0.15, 0.2) is 29.2 Å². The highest BCUT2D eigenvalue weighted by Gasteiger charge is 2.48. The van der Waals surface area contributed by atoms with Gasteiger partial charge >= 0.3 is 0 Å². The van der Waals surface area contributed by atoms with Crippen molar-refractivity contribution in [3.05, 3.63) is 46.6 Å². The lowest BCUT2D eigenvalue weighted by Crippen LogP contribution is -2.42. The molecule has 2 aromatic rings. The Morgan fingerprint density at radius 2 is 2.03 bits per heavy atom. The van der Waals surface area contributed by atoms with Crippen molar-refractivity contribution in [2.75, 3.05) is 36.8 Å². The average molecular weight is 485 g/mol. The van der Waals surface area contributed by atoms with E-state index in [0.717, 1.165) is 44.8 Å². The number of pyridine rings is 1. The van der Waals surface area contributed by atoms with E-state index >= 15 is 4.39 Å². The largest absolute Gasteiger partial charge is 0.370 e. The van der Waals surface area contributed by atoms with Crippen LogP contribution in [0.25, 0.3) is 0 Å². The molecule has 0 bridgehead atoms. The van der Waals surface area contributed by atoms with E-state index < -0.39 is 26.7 Å². The maximum Gasteiger partial charge on any atom is 0.266 e. The zero-order valence-corrected chi connectivity index (χ0v) is 19.9. The molecule has 6 nitrogen and oxygen atoms in total. The van der Waals surface area contributed by atoms with Gasteiger partial charge in [0.2, 0.25) is 5.95 Å². The minimum atomic E-state index is -4.36. The Balaban J connectivity index is 1.65. The van der Waals surface area contributed by atoms with Crippen molar-refractivity contribution in [3.8, 4) is 0 Å². The monoisotopic (exact) mass is 484 g/mol. The van der Waals surface area contributed by atoms with Gasteiger partial charge in [0.15, 0.2) is 5.82 Å². The molecule has 4 rings (SSSR count). The fourth-order valence-corrected chi connectivity index (χ4v) is 7.07. The van der Waals surface area contributed by atoms with Crippen LogP contribution >= 0.6 is 11.6 Å². The zero-order chi connectivity index (χ0) is 23.3. The molecule has 10 heteroatoms. The first-order chi connectivity index (χ1) is 15.0. The van der Waals surface area contributed by atoms with E-state index in [1.54, 1.807) is 6.07 Å². The second-order valence-electron chi connectivity index (χ2n) is 9.03. The van der Waals surface area contributed by atoms with Crippen molar-refractivity contribution in [1.29, 1.82) is 0 Å². The second-order valence-corrected chi connectivity index (χ2v) is 11.0. The molecule has 1 saturated heterocycles. The van der Waals surface area contributed by atoms with Crippen LogP contribution in [-0.4, -0.2) is 51.5 Å². The Morgan fingerprint density at radius 3 is 2.72 bits per heavy atom. The van der Waals surface area contributed by atoms with Crippen molar-refractivity contribution >= 4 is 33.1 Å². The van der Waals surface area contributed by atoms with Crippen LogP contribution < -0.4 is 9.62 Å². The number of benzene rings is 1. The normalized spacial score (nSPS) is 23.5. The van der Waals surface area contributed by atoms with E-state index in [9.17, 15) is 12.8 Å². The van der Waals surface area contributed by atoms with E-state index in [1.165, 1.54) is 19.1 Å². The first-order valence-electron chi connectivity index (χ1n) is 10.6. The lowest BCUT2D eigenvalue weighted by atomic mass is 9.81. The van der Waals surface area contributed by atoms with Gasteiger partial charge in [-0.3, -0.25) is 4.72 Å². The standard InChI is InChI=1S/C22H27ClF2N4O2S/c1-14-12-15(29-11-10-22(13-29)9-5-6-16(22)28(2)3)19(23)20(25)21(14)32(30,31)27-18-8-4-7-17(24)26-18/h4,7-8,12,16H,5-6,9-11,13H2,1-3H3,(H,26,27)/t16-,22-/m1/s1. The van der Waals surface area contributed by atoms with Crippen LogP contribution in [0.5, 0.6) is 0 Å². The number of rotatable bonds is 5. The summed E-state index contributed by atoms with van der Waals surface area (Å²) in [5, 5.41) is -0.223. The van der Waals surface area contributed by atoms with Gasteiger partial charge in [-0.1, -0.05) is 24.1 Å². The van der Waals surface area contributed by atoms with Gasteiger partial charge in [0, 0.05) is 24.5 Å². The molecule has 1 aliphatic carbocycles. The van der Waals surface area contributed by atoms with Gasteiger partial charge in [-0.2, -0.15) is 4.39 Å². The predicted octanol–water partition coefficient (Wildman–Crippen LogP) is 4.43. The molecule has 174 valence electrons. The first kappa shape index (κ1) is 23.2. The van der Waals surface area contributed by atoms with E-state index in [2.05, 4.69) is 33.6 Å². The maximum absolute atomic E-state index is 15.3. The molecule has 0 radical (unpaired) electrons. The van der Waals surface area contributed by atoms with Crippen LogP contribution in [-0.2, 0) is 10.0 Å². The molecule has 2 atom stereocenters. The first-order valence-corrected chi connectivity index (χ1v) is 12.5. The number of aryl methyl sites for hydroxylation is 1. The maximum atomic E-state index is 15.3. The summed E-state index contributed by atoms with van der Waals surface area (Å²) in [4.78, 5) is 7.26. The van der Waals surface area contributed by atoms with Crippen molar-refractivity contribution in [2.45, 2.75) is 43.5 Å². The number of nitrogens with zero attached hydrogens (tertiary/aromatic N) is 3. The molecule has 0 unspecified atom stereocenters. The van der Waals surface area contributed by atoms with Gasteiger partial charge in [-0.15, -0.1) is 0 Å². The quantitative estimate of drug-likeness (QED) is 0.636. The topological polar surface area (TPSA) is 65.5 Å². The number of sulfonamides is 1.